The zero-order chi connectivity index (χ0) is 11.3. The van der Waals surface area contributed by atoms with Crippen LogP contribution in [-0.4, -0.2) is 23.7 Å². The number of rotatable bonds is 5. The number of hydrogen-bond acceptors (Lipinski definition) is 4. The Kier molecular flexibility index (Phi) is 4.30. The van der Waals surface area contributed by atoms with Crippen molar-refractivity contribution in [1.29, 1.82) is 0 Å². The Morgan fingerprint density at radius 1 is 1.67 bits per heavy atom. The van der Waals surface area contributed by atoms with Gasteiger partial charge in [0, 0.05) is 12.1 Å². The van der Waals surface area contributed by atoms with Crippen LogP contribution in [0.3, 0.4) is 0 Å². The molecule has 0 bridgehead atoms. The largest absolute Gasteiger partial charge is 0.360 e. The average molecular weight is 211 g/mol. The summed E-state index contributed by atoms with van der Waals surface area (Å²) in [5, 5.41) is 9.39. The summed E-state index contributed by atoms with van der Waals surface area (Å²) in [5.41, 5.74) is 0. The maximum absolute atomic E-state index is 11.4. The van der Waals surface area contributed by atoms with Gasteiger partial charge in [0.2, 0.25) is 5.91 Å². The molecule has 0 fully saturated rings. The van der Waals surface area contributed by atoms with E-state index in [9.17, 15) is 4.79 Å². The Morgan fingerprint density at radius 3 is 2.93 bits per heavy atom. The van der Waals surface area contributed by atoms with Crippen molar-refractivity contribution in [2.24, 2.45) is 0 Å². The molecule has 15 heavy (non-hydrogen) atoms. The Labute approximate surface area is 89.2 Å². The van der Waals surface area contributed by atoms with E-state index < -0.39 is 0 Å². The lowest BCUT2D eigenvalue weighted by atomic mass is 10.2. The number of aryl methyl sites for hydroxylation is 1. The van der Waals surface area contributed by atoms with Gasteiger partial charge in [-0.1, -0.05) is 12.1 Å². The maximum Gasteiger partial charge on any atom is 0.239 e. The molecular weight excluding hydrogens is 194 g/mol. The number of nitrogens with zero attached hydrogens (tertiary/aromatic N) is 1. The Bertz CT molecular complexity index is 322. The molecule has 1 amide bonds. The number of nitrogens with one attached hydrogen (secondary N) is 2. The topological polar surface area (TPSA) is 67.2 Å². The molecule has 0 saturated carbocycles. The molecule has 0 aliphatic heterocycles. The highest BCUT2D eigenvalue weighted by atomic mass is 16.5. The summed E-state index contributed by atoms with van der Waals surface area (Å²) in [7, 11) is 0. The van der Waals surface area contributed by atoms with Crippen LogP contribution in [0.1, 0.15) is 26.0 Å². The zero-order valence-electron chi connectivity index (χ0n) is 9.33. The van der Waals surface area contributed by atoms with Crippen LogP contribution in [0.4, 0.5) is 5.82 Å². The highest BCUT2D eigenvalue weighted by Crippen LogP contribution is 2.06. The molecule has 0 unspecified atom stereocenters. The Hall–Kier alpha value is -1.36. The number of hydrogen-bond donors (Lipinski definition) is 2. The predicted molar refractivity (Wildman–Crippen MR) is 57.6 cm³/mol. The first-order valence-corrected chi connectivity index (χ1v) is 5.08. The zero-order valence-corrected chi connectivity index (χ0v) is 9.33. The van der Waals surface area contributed by atoms with Crippen molar-refractivity contribution in [1.82, 2.24) is 10.5 Å². The van der Waals surface area contributed by atoms with Crippen molar-refractivity contribution >= 4 is 11.7 Å². The molecule has 0 radical (unpaired) electrons. The summed E-state index contributed by atoms with van der Waals surface area (Å²) in [5.74, 6) is 1.03. The van der Waals surface area contributed by atoms with Gasteiger partial charge in [0.25, 0.3) is 0 Å². The van der Waals surface area contributed by atoms with Crippen LogP contribution in [0.15, 0.2) is 10.6 Å². The molecule has 1 heterocycles. The molecule has 5 nitrogen and oxygen atoms in total. The van der Waals surface area contributed by atoms with Crippen LogP contribution in [0, 0.1) is 6.92 Å². The second-order valence-electron chi connectivity index (χ2n) is 3.56. The number of carbonyl (C=O) groups excluding carboxylic acids is 1. The first kappa shape index (κ1) is 11.7. The summed E-state index contributed by atoms with van der Waals surface area (Å²) in [6, 6.07) is 2.02. The van der Waals surface area contributed by atoms with Crippen LogP contribution in [0.2, 0.25) is 0 Å². The molecule has 2 N–H and O–H groups in total. The molecule has 5 heteroatoms. The molecule has 0 aliphatic carbocycles. The van der Waals surface area contributed by atoms with Crippen LogP contribution in [-0.2, 0) is 4.79 Å². The van der Waals surface area contributed by atoms with E-state index in [2.05, 4.69) is 22.7 Å². The highest BCUT2D eigenvalue weighted by Gasteiger charge is 2.06. The fourth-order valence-corrected chi connectivity index (χ4v) is 1.02. The third kappa shape index (κ3) is 4.12. The Balaban J connectivity index is 2.30. The van der Waals surface area contributed by atoms with Gasteiger partial charge in [-0.3, -0.25) is 4.79 Å². The van der Waals surface area contributed by atoms with Crippen molar-refractivity contribution < 1.29 is 9.32 Å². The molecule has 84 valence electrons. The number of aromatic nitrogens is 1. The van der Waals surface area contributed by atoms with Gasteiger partial charge in [-0.15, -0.1) is 0 Å². The van der Waals surface area contributed by atoms with Gasteiger partial charge in [-0.25, -0.2) is 0 Å². The van der Waals surface area contributed by atoms with Crippen molar-refractivity contribution in [3.63, 3.8) is 0 Å². The van der Waals surface area contributed by atoms with E-state index in [1.54, 1.807) is 13.0 Å². The van der Waals surface area contributed by atoms with E-state index in [0.717, 1.165) is 6.42 Å². The fraction of sp³-hybridized carbons (Fsp3) is 0.600. The van der Waals surface area contributed by atoms with Gasteiger partial charge in [0.15, 0.2) is 5.82 Å². The van der Waals surface area contributed by atoms with Gasteiger partial charge >= 0.3 is 0 Å². The first-order chi connectivity index (χ1) is 7.11. The first-order valence-electron chi connectivity index (χ1n) is 5.08. The molecule has 0 aliphatic rings. The van der Waals surface area contributed by atoms with E-state index in [4.69, 9.17) is 4.52 Å². The van der Waals surface area contributed by atoms with E-state index >= 15 is 0 Å². The maximum atomic E-state index is 11.4. The third-order valence-corrected chi connectivity index (χ3v) is 2.12. The molecule has 1 aromatic heterocycles. The van der Waals surface area contributed by atoms with E-state index in [0.29, 0.717) is 24.2 Å². The number of carbonyl (C=O) groups is 1. The summed E-state index contributed by atoms with van der Waals surface area (Å²) in [6.07, 6.45) is 0.996. The van der Waals surface area contributed by atoms with Crippen molar-refractivity contribution in [2.75, 3.05) is 11.9 Å². The minimum Gasteiger partial charge on any atom is -0.360 e. The van der Waals surface area contributed by atoms with E-state index in [-0.39, 0.29) is 5.91 Å². The van der Waals surface area contributed by atoms with Crippen molar-refractivity contribution in [3.8, 4) is 0 Å². The summed E-state index contributed by atoms with van der Waals surface area (Å²) < 4.78 is 4.83. The molecular formula is C10H17N3O2. The highest BCUT2D eigenvalue weighted by molar-refractivity contribution is 5.91. The molecule has 1 aromatic rings. The Morgan fingerprint density at radius 2 is 2.40 bits per heavy atom. The minimum atomic E-state index is -0.108. The quantitative estimate of drug-likeness (QED) is 0.770. The second kappa shape index (κ2) is 5.50. The molecule has 0 aromatic carbocycles. The summed E-state index contributed by atoms with van der Waals surface area (Å²) in [4.78, 5) is 11.4. The van der Waals surface area contributed by atoms with Crippen molar-refractivity contribution in [3.05, 3.63) is 11.8 Å². The van der Waals surface area contributed by atoms with Crippen LogP contribution in [0.25, 0.3) is 0 Å². The molecule has 1 rings (SSSR count). The average Bonchev–Trinajstić information content (AvgIpc) is 2.60. The molecule has 0 saturated heterocycles. The van der Waals surface area contributed by atoms with Crippen LogP contribution >= 0.6 is 0 Å². The lowest BCUT2D eigenvalue weighted by Gasteiger charge is -2.09. The second-order valence-corrected chi connectivity index (χ2v) is 3.56. The number of anilines is 1. The number of amides is 1. The summed E-state index contributed by atoms with van der Waals surface area (Å²) in [6.45, 7) is 6.17. The lowest BCUT2D eigenvalue weighted by Crippen LogP contribution is -2.34. The molecule has 0 spiro atoms. The van der Waals surface area contributed by atoms with Gasteiger partial charge in [0.05, 0.1) is 6.54 Å². The van der Waals surface area contributed by atoms with Crippen LogP contribution in [0.5, 0.6) is 0 Å². The van der Waals surface area contributed by atoms with Gasteiger partial charge in [-0.2, -0.15) is 0 Å². The normalized spacial score (nSPS) is 12.5. The SMILES string of the molecule is CC[C@@H](C)NCC(=O)Nc1cc(C)on1. The smallest absolute Gasteiger partial charge is 0.239 e. The standard InChI is InChI=1S/C10H17N3O2/c1-4-7(2)11-6-10(14)12-9-5-8(3)15-13-9/h5,7,11H,4,6H2,1-3H3,(H,12,13,14)/t7-/m1/s1. The summed E-state index contributed by atoms with van der Waals surface area (Å²) >= 11 is 0. The van der Waals surface area contributed by atoms with E-state index in [1.165, 1.54) is 0 Å². The predicted octanol–water partition coefficient (Wildman–Crippen LogP) is 1.31. The molecule has 1 atom stereocenters. The van der Waals surface area contributed by atoms with Crippen molar-refractivity contribution in [2.45, 2.75) is 33.2 Å². The fourth-order valence-electron chi connectivity index (χ4n) is 1.02. The minimum absolute atomic E-state index is 0.108. The van der Waals surface area contributed by atoms with Gasteiger partial charge in [0.1, 0.15) is 5.76 Å². The lowest BCUT2D eigenvalue weighted by molar-refractivity contribution is -0.115. The van der Waals surface area contributed by atoms with Gasteiger partial charge < -0.3 is 15.2 Å². The van der Waals surface area contributed by atoms with Gasteiger partial charge in [-0.05, 0) is 20.3 Å². The van der Waals surface area contributed by atoms with E-state index in [1.807, 2.05) is 6.92 Å². The third-order valence-electron chi connectivity index (χ3n) is 2.12. The van der Waals surface area contributed by atoms with Crippen LogP contribution < -0.4 is 10.6 Å². The monoisotopic (exact) mass is 211 g/mol.